The zero-order valence-electron chi connectivity index (χ0n) is 17.6. The maximum atomic E-state index is 12.1. The summed E-state index contributed by atoms with van der Waals surface area (Å²) in [5.74, 6) is 2.01. The van der Waals surface area contributed by atoms with E-state index in [0.717, 1.165) is 36.7 Å². The van der Waals surface area contributed by atoms with Gasteiger partial charge in [0.1, 0.15) is 5.82 Å². The van der Waals surface area contributed by atoms with Crippen molar-refractivity contribution in [1.82, 2.24) is 25.5 Å². The summed E-state index contributed by atoms with van der Waals surface area (Å²) >= 11 is 0. The molecule has 2 fully saturated rings. The van der Waals surface area contributed by atoms with E-state index in [0.29, 0.717) is 22.7 Å². The molecule has 2 N–H and O–H groups in total. The maximum absolute atomic E-state index is 12.1. The molecule has 1 saturated carbocycles. The number of rotatable bonds is 6. The maximum Gasteiger partial charge on any atom is 0.271 e. The molecule has 2 aromatic heterocycles. The fourth-order valence-electron chi connectivity index (χ4n) is 4.15. The summed E-state index contributed by atoms with van der Waals surface area (Å²) in [6, 6.07) is 3.80. The van der Waals surface area contributed by atoms with Gasteiger partial charge in [-0.15, -0.1) is 10.2 Å². The normalized spacial score (nSPS) is 18.0. The summed E-state index contributed by atoms with van der Waals surface area (Å²) in [6.45, 7) is 8.25. The Morgan fingerprint density at radius 3 is 2.59 bits per heavy atom. The number of carbonyl (C=O) groups is 1. The number of hydrogen-bond donors (Lipinski definition) is 2. The van der Waals surface area contributed by atoms with Crippen LogP contribution >= 0.6 is 0 Å². The van der Waals surface area contributed by atoms with Crippen LogP contribution in [-0.4, -0.2) is 46.2 Å². The molecule has 8 heteroatoms. The molecular weight excluding hydrogens is 366 g/mol. The lowest BCUT2D eigenvalue weighted by Gasteiger charge is -2.55. The Labute approximate surface area is 171 Å². The highest BCUT2D eigenvalue weighted by molar-refractivity contribution is 5.93. The predicted octanol–water partition coefficient (Wildman–Crippen LogP) is 3.18. The lowest BCUT2D eigenvalue weighted by molar-refractivity contribution is 0.0888. The zero-order chi connectivity index (χ0) is 20.6. The monoisotopic (exact) mass is 395 g/mol. The second-order valence-corrected chi connectivity index (χ2v) is 8.45. The van der Waals surface area contributed by atoms with E-state index >= 15 is 0 Å². The molecular formula is C21H29N7O. The molecule has 1 aliphatic carbocycles. The fraction of sp³-hybridized carbons (Fsp3) is 0.571. The third-order valence-electron chi connectivity index (χ3n) is 6.26. The molecule has 2 aliphatic rings. The molecule has 3 heterocycles. The van der Waals surface area contributed by atoms with Gasteiger partial charge in [-0.2, -0.15) is 4.98 Å². The van der Waals surface area contributed by atoms with Gasteiger partial charge in [0.15, 0.2) is 11.5 Å². The minimum Gasteiger partial charge on any atom is -0.354 e. The summed E-state index contributed by atoms with van der Waals surface area (Å²) in [5.41, 5.74) is 2.68. The van der Waals surface area contributed by atoms with Crippen LogP contribution in [-0.2, 0) is 0 Å². The Morgan fingerprint density at radius 1 is 1.21 bits per heavy atom. The van der Waals surface area contributed by atoms with Crippen molar-refractivity contribution in [3.05, 3.63) is 29.1 Å². The minimum atomic E-state index is -0.220. The largest absolute Gasteiger partial charge is 0.354 e. The van der Waals surface area contributed by atoms with Gasteiger partial charge in [-0.3, -0.25) is 4.79 Å². The van der Waals surface area contributed by atoms with Gasteiger partial charge in [-0.1, -0.05) is 20.3 Å². The zero-order valence-corrected chi connectivity index (χ0v) is 17.6. The van der Waals surface area contributed by atoms with Crippen molar-refractivity contribution in [2.24, 2.45) is 5.41 Å². The van der Waals surface area contributed by atoms with E-state index in [1.54, 1.807) is 7.05 Å². The fourth-order valence-corrected chi connectivity index (χ4v) is 4.15. The van der Waals surface area contributed by atoms with E-state index in [-0.39, 0.29) is 11.8 Å². The minimum absolute atomic E-state index is 0.195. The van der Waals surface area contributed by atoms with Gasteiger partial charge in [-0.25, -0.2) is 4.98 Å². The summed E-state index contributed by atoms with van der Waals surface area (Å²) in [5, 5.41) is 14.3. The summed E-state index contributed by atoms with van der Waals surface area (Å²) in [7, 11) is 1.60. The highest BCUT2D eigenvalue weighted by Crippen LogP contribution is 2.48. The van der Waals surface area contributed by atoms with E-state index in [2.05, 4.69) is 44.6 Å². The van der Waals surface area contributed by atoms with E-state index in [1.165, 1.54) is 19.3 Å². The molecule has 1 spiro atoms. The van der Waals surface area contributed by atoms with Crippen LogP contribution in [0.25, 0.3) is 0 Å². The molecule has 1 unspecified atom stereocenters. The molecule has 0 bridgehead atoms. The third kappa shape index (κ3) is 3.75. The Balaban J connectivity index is 1.56. The first-order valence-corrected chi connectivity index (χ1v) is 10.4. The Morgan fingerprint density at radius 2 is 1.97 bits per heavy atom. The van der Waals surface area contributed by atoms with Crippen LogP contribution < -0.4 is 15.5 Å². The number of amides is 1. The first-order chi connectivity index (χ1) is 13.9. The van der Waals surface area contributed by atoms with Crippen molar-refractivity contribution in [2.45, 2.75) is 52.4 Å². The first kappa shape index (κ1) is 19.5. The van der Waals surface area contributed by atoms with E-state index in [1.807, 2.05) is 19.1 Å². The molecule has 1 saturated heterocycles. The number of nitrogens with one attached hydrogen (secondary N) is 2. The van der Waals surface area contributed by atoms with E-state index < -0.39 is 0 Å². The van der Waals surface area contributed by atoms with Gasteiger partial charge in [0.2, 0.25) is 5.95 Å². The van der Waals surface area contributed by atoms with Crippen LogP contribution in [0.1, 0.15) is 67.2 Å². The summed E-state index contributed by atoms with van der Waals surface area (Å²) < 4.78 is 0. The lowest BCUT2D eigenvalue weighted by atomic mass is 9.64. The van der Waals surface area contributed by atoms with Crippen LogP contribution in [0.3, 0.4) is 0 Å². The number of anilines is 3. The topological polar surface area (TPSA) is 95.9 Å². The SMILES string of the molecule is CCC(C)c1cc(Nc2cc(C)nc(N3CC4(CCC4)C3)n2)nnc1C(=O)NC. The number of aromatic nitrogens is 4. The van der Waals surface area contributed by atoms with Gasteiger partial charge >= 0.3 is 0 Å². The number of carbonyl (C=O) groups excluding carboxylic acids is 1. The van der Waals surface area contributed by atoms with Crippen molar-refractivity contribution in [2.75, 3.05) is 30.4 Å². The first-order valence-electron chi connectivity index (χ1n) is 10.4. The average molecular weight is 396 g/mol. The van der Waals surface area contributed by atoms with Crippen LogP contribution in [0.15, 0.2) is 12.1 Å². The van der Waals surface area contributed by atoms with Gasteiger partial charge in [0, 0.05) is 37.3 Å². The van der Waals surface area contributed by atoms with Crippen LogP contribution in [0.4, 0.5) is 17.6 Å². The van der Waals surface area contributed by atoms with Crippen molar-refractivity contribution in [3.63, 3.8) is 0 Å². The number of nitrogens with zero attached hydrogens (tertiary/aromatic N) is 5. The summed E-state index contributed by atoms with van der Waals surface area (Å²) in [4.78, 5) is 23.7. The van der Waals surface area contributed by atoms with Crippen molar-refractivity contribution >= 4 is 23.5 Å². The molecule has 2 aromatic rings. The van der Waals surface area contributed by atoms with Gasteiger partial charge in [-0.05, 0) is 43.7 Å². The molecule has 1 aliphatic heterocycles. The van der Waals surface area contributed by atoms with Crippen LogP contribution in [0, 0.1) is 12.3 Å². The molecule has 1 amide bonds. The Kier molecular flexibility index (Phi) is 5.10. The second kappa shape index (κ2) is 7.57. The van der Waals surface area contributed by atoms with Gasteiger partial charge < -0.3 is 15.5 Å². The molecule has 0 aromatic carbocycles. The van der Waals surface area contributed by atoms with Gasteiger partial charge in [0.05, 0.1) is 0 Å². The molecule has 0 radical (unpaired) electrons. The van der Waals surface area contributed by atoms with Crippen molar-refractivity contribution in [1.29, 1.82) is 0 Å². The highest BCUT2D eigenvalue weighted by atomic mass is 16.1. The summed E-state index contributed by atoms with van der Waals surface area (Å²) in [6.07, 6.45) is 4.90. The standard InChI is InChI=1S/C21H29N7O/c1-5-13(2)15-10-17(26-27-18(15)19(29)22-4)24-16-9-14(3)23-20(25-16)28-11-21(12-28)7-6-8-21/h9-10,13H,5-8,11-12H2,1-4H3,(H,22,29)(H,23,24,25,26). The quantitative estimate of drug-likeness (QED) is 0.775. The third-order valence-corrected chi connectivity index (χ3v) is 6.26. The molecule has 8 nitrogen and oxygen atoms in total. The predicted molar refractivity (Wildman–Crippen MR) is 113 cm³/mol. The van der Waals surface area contributed by atoms with Gasteiger partial charge in [0.25, 0.3) is 5.91 Å². The molecule has 154 valence electrons. The van der Waals surface area contributed by atoms with Crippen molar-refractivity contribution in [3.8, 4) is 0 Å². The lowest BCUT2D eigenvalue weighted by Crippen LogP contribution is -2.60. The Bertz CT molecular complexity index is 917. The second-order valence-electron chi connectivity index (χ2n) is 8.45. The van der Waals surface area contributed by atoms with Crippen LogP contribution in [0.2, 0.25) is 0 Å². The smallest absolute Gasteiger partial charge is 0.271 e. The van der Waals surface area contributed by atoms with Crippen molar-refractivity contribution < 1.29 is 4.79 Å². The van der Waals surface area contributed by atoms with Crippen LogP contribution in [0.5, 0.6) is 0 Å². The van der Waals surface area contributed by atoms with E-state index in [9.17, 15) is 4.79 Å². The highest BCUT2D eigenvalue weighted by Gasteiger charge is 2.48. The number of hydrogen-bond acceptors (Lipinski definition) is 7. The molecule has 1 atom stereocenters. The number of aryl methyl sites for hydroxylation is 1. The average Bonchev–Trinajstić information content (AvgIpc) is 2.64. The molecule has 4 rings (SSSR count). The van der Waals surface area contributed by atoms with E-state index in [4.69, 9.17) is 4.98 Å². The Hall–Kier alpha value is -2.77. The molecule has 29 heavy (non-hydrogen) atoms.